The van der Waals surface area contributed by atoms with Crippen LogP contribution in [0.3, 0.4) is 0 Å². The minimum atomic E-state index is -0.273. The van der Waals surface area contributed by atoms with Gasteiger partial charge in [0.1, 0.15) is 17.2 Å². The van der Waals surface area contributed by atoms with Crippen molar-refractivity contribution in [3.05, 3.63) is 124 Å². The molecule has 0 spiro atoms. The molecule has 262 valence electrons. The number of alkyl halides is 1. The number of nitrogens with zero attached hydrogens (tertiary/aromatic N) is 3. The fraction of sp³-hybridized carbons (Fsp3) is 0.325. The third-order valence-corrected chi connectivity index (χ3v) is 9.73. The average Bonchev–Trinajstić information content (AvgIpc) is 3.48. The van der Waals surface area contributed by atoms with Crippen molar-refractivity contribution in [2.24, 2.45) is 0 Å². The molecule has 10 heteroatoms. The van der Waals surface area contributed by atoms with E-state index in [2.05, 4.69) is 45.9 Å². The number of aryl methyl sites for hydroxylation is 1. The minimum Gasteiger partial charge on any atom is -0.468 e. The highest BCUT2D eigenvalue weighted by Crippen LogP contribution is 2.42. The number of hydrogen-bond acceptors (Lipinski definition) is 6. The van der Waals surface area contributed by atoms with Crippen molar-refractivity contribution < 1.29 is 23.7 Å². The molecule has 1 amide bonds. The summed E-state index contributed by atoms with van der Waals surface area (Å²) in [5.74, 6) is 1.72. The number of carbonyl (C=O) groups excluding carboxylic acids is 1. The van der Waals surface area contributed by atoms with Crippen LogP contribution in [0.5, 0.6) is 11.5 Å². The summed E-state index contributed by atoms with van der Waals surface area (Å²) in [4.78, 5) is 19.3. The van der Waals surface area contributed by atoms with Crippen LogP contribution in [-0.4, -0.2) is 75.2 Å². The first kappa shape index (κ1) is 35.6. The van der Waals surface area contributed by atoms with Crippen LogP contribution in [0.15, 0.2) is 97.1 Å². The van der Waals surface area contributed by atoms with Gasteiger partial charge in [0.15, 0.2) is 13.6 Å². The number of piperazine rings is 1. The van der Waals surface area contributed by atoms with Gasteiger partial charge < -0.3 is 33.3 Å². The Morgan fingerprint density at radius 3 is 1.90 bits per heavy atom. The Labute approximate surface area is 304 Å². The third kappa shape index (κ3) is 7.89. The van der Waals surface area contributed by atoms with Crippen molar-refractivity contribution in [1.82, 2.24) is 9.47 Å². The van der Waals surface area contributed by atoms with Crippen LogP contribution in [-0.2, 0) is 16.0 Å². The number of amides is 1. The number of rotatable bonds is 15. The zero-order chi connectivity index (χ0) is 34.9. The Hall–Kier alpha value is -4.21. The predicted molar refractivity (Wildman–Crippen MR) is 200 cm³/mol. The van der Waals surface area contributed by atoms with E-state index in [1.54, 1.807) is 14.2 Å². The van der Waals surface area contributed by atoms with E-state index >= 15 is 4.79 Å². The molecule has 0 atom stereocenters. The van der Waals surface area contributed by atoms with Crippen molar-refractivity contribution in [2.75, 3.05) is 64.8 Å². The predicted octanol–water partition coefficient (Wildman–Crippen LogP) is 8.42. The van der Waals surface area contributed by atoms with Gasteiger partial charge >= 0.3 is 0 Å². The monoisotopic (exact) mass is 715 g/mol. The topological polar surface area (TPSA) is 65.4 Å². The molecule has 8 nitrogen and oxygen atoms in total. The van der Waals surface area contributed by atoms with E-state index in [0.717, 1.165) is 46.1 Å². The molecular formula is C40H43Cl2N3O5. The highest BCUT2D eigenvalue weighted by atomic mass is 35.5. The molecule has 0 radical (unpaired) electrons. The van der Waals surface area contributed by atoms with E-state index < -0.39 is 0 Å². The first-order valence-corrected chi connectivity index (χ1v) is 17.8. The molecule has 0 saturated carbocycles. The second-order valence-corrected chi connectivity index (χ2v) is 13.0. The van der Waals surface area contributed by atoms with Crippen molar-refractivity contribution in [1.29, 1.82) is 0 Å². The Morgan fingerprint density at radius 1 is 0.740 bits per heavy atom. The van der Waals surface area contributed by atoms with Crippen LogP contribution in [0.25, 0.3) is 10.9 Å². The molecule has 0 aliphatic carbocycles. The second kappa shape index (κ2) is 17.1. The number of hydrogen-bond donors (Lipinski definition) is 0. The van der Waals surface area contributed by atoms with Gasteiger partial charge in [-0.2, -0.15) is 0 Å². The molecule has 6 rings (SSSR count). The maximum absolute atomic E-state index is 15.0. The van der Waals surface area contributed by atoms with Crippen LogP contribution < -0.4 is 14.4 Å². The largest absolute Gasteiger partial charge is 0.468 e. The molecule has 1 fully saturated rings. The van der Waals surface area contributed by atoms with Gasteiger partial charge in [0.05, 0.1) is 10.7 Å². The molecule has 1 aliphatic rings. The third-order valence-electron chi connectivity index (χ3n) is 9.14. The lowest BCUT2D eigenvalue weighted by atomic mass is 9.83. The Kier molecular flexibility index (Phi) is 12.2. The van der Waals surface area contributed by atoms with Gasteiger partial charge in [0.25, 0.3) is 5.91 Å². The summed E-state index contributed by atoms with van der Waals surface area (Å²) < 4.78 is 23.9. The number of carbonyl (C=O) groups is 1. The van der Waals surface area contributed by atoms with Crippen molar-refractivity contribution in [3.8, 4) is 11.5 Å². The molecule has 5 aromatic rings. The van der Waals surface area contributed by atoms with E-state index in [0.29, 0.717) is 60.8 Å². The lowest BCUT2D eigenvalue weighted by Gasteiger charge is -2.37. The number of anilines is 1. The lowest BCUT2D eigenvalue weighted by Crippen LogP contribution is -2.49. The zero-order valence-electron chi connectivity index (χ0n) is 28.5. The van der Waals surface area contributed by atoms with Gasteiger partial charge in [-0.15, -0.1) is 11.6 Å². The quantitative estimate of drug-likeness (QED) is 0.0616. The molecule has 0 N–H and O–H groups in total. The van der Waals surface area contributed by atoms with Crippen LogP contribution in [0.2, 0.25) is 5.02 Å². The summed E-state index contributed by atoms with van der Waals surface area (Å²) in [7, 11) is 3.20. The second-order valence-electron chi connectivity index (χ2n) is 12.2. The van der Waals surface area contributed by atoms with E-state index in [4.69, 9.17) is 42.1 Å². The Balaban J connectivity index is 1.47. The van der Waals surface area contributed by atoms with E-state index in [1.807, 2.05) is 65.6 Å². The number of benzene rings is 4. The van der Waals surface area contributed by atoms with Crippen LogP contribution >= 0.6 is 23.2 Å². The highest BCUT2D eigenvalue weighted by molar-refractivity contribution is 6.33. The average molecular weight is 717 g/mol. The summed E-state index contributed by atoms with van der Waals surface area (Å²) in [6, 6.07) is 32.3. The fourth-order valence-electron chi connectivity index (χ4n) is 6.75. The van der Waals surface area contributed by atoms with Gasteiger partial charge in [0, 0.05) is 75.2 Å². The normalized spacial score (nSPS) is 13.3. The maximum Gasteiger partial charge on any atom is 0.270 e. The molecule has 50 heavy (non-hydrogen) atoms. The first-order valence-electron chi connectivity index (χ1n) is 16.9. The van der Waals surface area contributed by atoms with Crippen molar-refractivity contribution >= 4 is 45.7 Å². The standard InChI is InChI=1S/C40H43Cl2N3O5/c1-47-27-49-31-17-13-29(14-18-31)37(30-15-19-32(20-16-30)50-28-48-2)38-33-9-3-5-11-35(33)45(22-8-7-21-41)39(38)40(46)44-25-23-43(24-26-44)36-12-6-4-10-34(36)42/h3-6,9-20,37H,7-8,21-28H2,1-2H3. The SMILES string of the molecule is COCOc1ccc(C(c2ccc(OCOC)cc2)c2c(C(=O)N3CCN(c4ccccc4Cl)CC3)n(CCCCCl)c3ccccc23)cc1. The Morgan fingerprint density at radius 2 is 1.32 bits per heavy atom. The Bertz CT molecular complexity index is 1800. The molecule has 1 aromatic heterocycles. The molecule has 2 heterocycles. The van der Waals surface area contributed by atoms with Gasteiger partial charge in [-0.25, -0.2) is 0 Å². The zero-order valence-corrected chi connectivity index (χ0v) is 30.0. The van der Waals surface area contributed by atoms with Crippen LogP contribution in [0.1, 0.15) is 45.9 Å². The number of halogens is 2. The van der Waals surface area contributed by atoms with E-state index in [1.165, 1.54) is 0 Å². The highest BCUT2D eigenvalue weighted by Gasteiger charge is 2.33. The molecule has 4 aromatic carbocycles. The van der Waals surface area contributed by atoms with Gasteiger partial charge in [0.2, 0.25) is 0 Å². The molecular weight excluding hydrogens is 673 g/mol. The molecule has 1 saturated heterocycles. The number of ether oxygens (including phenoxy) is 4. The number of aromatic nitrogens is 1. The maximum atomic E-state index is 15.0. The van der Waals surface area contributed by atoms with Crippen LogP contribution in [0.4, 0.5) is 5.69 Å². The van der Waals surface area contributed by atoms with Crippen LogP contribution in [0, 0.1) is 0 Å². The van der Waals surface area contributed by atoms with Crippen molar-refractivity contribution in [3.63, 3.8) is 0 Å². The summed E-state index contributed by atoms with van der Waals surface area (Å²) in [5.41, 5.74) is 5.76. The van der Waals surface area contributed by atoms with E-state index in [-0.39, 0.29) is 25.4 Å². The lowest BCUT2D eigenvalue weighted by molar-refractivity contribution is 0.0509. The first-order chi connectivity index (χ1) is 24.5. The number of methoxy groups -OCH3 is 2. The summed E-state index contributed by atoms with van der Waals surface area (Å²) in [6.07, 6.45) is 1.70. The molecule has 0 unspecified atom stereocenters. The van der Waals surface area contributed by atoms with Gasteiger partial charge in [-0.1, -0.05) is 66.2 Å². The van der Waals surface area contributed by atoms with Crippen molar-refractivity contribution in [2.45, 2.75) is 25.3 Å². The molecule has 1 aliphatic heterocycles. The van der Waals surface area contributed by atoms with Gasteiger partial charge in [-0.3, -0.25) is 4.79 Å². The number of unbranched alkanes of at least 4 members (excludes halogenated alkanes) is 1. The smallest absolute Gasteiger partial charge is 0.270 e. The number of fused-ring (bicyclic) bond motifs is 1. The van der Waals surface area contributed by atoms with E-state index in [9.17, 15) is 0 Å². The minimum absolute atomic E-state index is 0.0194. The molecule has 0 bridgehead atoms. The number of para-hydroxylation sites is 2. The summed E-state index contributed by atoms with van der Waals surface area (Å²) in [5, 5.41) is 1.76. The fourth-order valence-corrected chi connectivity index (χ4v) is 7.20. The summed E-state index contributed by atoms with van der Waals surface area (Å²) in [6.45, 7) is 3.52. The van der Waals surface area contributed by atoms with Gasteiger partial charge in [-0.05, 0) is 66.4 Å². The summed E-state index contributed by atoms with van der Waals surface area (Å²) >= 11 is 12.7.